The lowest BCUT2D eigenvalue weighted by atomic mass is 10.2. The molecule has 0 unspecified atom stereocenters. The number of anilines is 1. The Labute approximate surface area is 175 Å². The van der Waals surface area contributed by atoms with Gasteiger partial charge >= 0.3 is 0 Å². The highest BCUT2D eigenvalue weighted by Gasteiger charge is 2.08. The van der Waals surface area contributed by atoms with E-state index in [1.165, 1.54) is 6.07 Å². The summed E-state index contributed by atoms with van der Waals surface area (Å²) in [5.41, 5.74) is 1.30. The van der Waals surface area contributed by atoms with Crippen molar-refractivity contribution in [3.63, 3.8) is 0 Å². The minimum atomic E-state index is -0.186. The second-order valence-electron chi connectivity index (χ2n) is 6.46. The van der Waals surface area contributed by atoms with Gasteiger partial charge in [-0.2, -0.15) is 0 Å². The molecule has 0 radical (unpaired) electrons. The van der Waals surface area contributed by atoms with Crippen LogP contribution in [0.5, 0.6) is 11.5 Å². The van der Waals surface area contributed by atoms with Crippen molar-refractivity contribution in [2.45, 2.75) is 6.54 Å². The molecule has 1 N–H and O–H groups in total. The number of para-hydroxylation sites is 1. The van der Waals surface area contributed by atoms with Crippen LogP contribution in [-0.4, -0.2) is 10.5 Å². The number of pyridine rings is 1. The second kappa shape index (κ2) is 8.32. The summed E-state index contributed by atoms with van der Waals surface area (Å²) in [6, 6.07) is 23.6. The molecular formula is C23H17BrN2O3. The molecule has 0 saturated carbocycles. The van der Waals surface area contributed by atoms with Crippen molar-refractivity contribution in [3.8, 4) is 11.5 Å². The van der Waals surface area contributed by atoms with Gasteiger partial charge in [0.15, 0.2) is 5.43 Å². The lowest BCUT2D eigenvalue weighted by molar-refractivity contribution is -0.116. The Morgan fingerprint density at radius 2 is 1.66 bits per heavy atom. The molecule has 0 spiro atoms. The monoisotopic (exact) mass is 448 g/mol. The van der Waals surface area contributed by atoms with Crippen molar-refractivity contribution in [3.05, 3.63) is 99.8 Å². The molecule has 144 valence electrons. The van der Waals surface area contributed by atoms with E-state index >= 15 is 0 Å². The van der Waals surface area contributed by atoms with Crippen LogP contribution in [0.3, 0.4) is 0 Å². The lowest BCUT2D eigenvalue weighted by Gasteiger charge is -2.12. The first-order valence-electron chi connectivity index (χ1n) is 9.00. The number of halogens is 1. The highest BCUT2D eigenvalue weighted by molar-refractivity contribution is 9.10. The zero-order chi connectivity index (χ0) is 20.2. The fourth-order valence-electron chi connectivity index (χ4n) is 3.01. The molecule has 0 atom stereocenters. The number of fused-ring (bicyclic) bond motifs is 1. The smallest absolute Gasteiger partial charge is 0.244 e. The molecule has 1 aromatic heterocycles. The first-order chi connectivity index (χ1) is 14.1. The van der Waals surface area contributed by atoms with Crippen molar-refractivity contribution in [2.75, 3.05) is 5.32 Å². The minimum absolute atomic E-state index is 0.0769. The third-order valence-corrected chi connectivity index (χ3v) is 4.86. The van der Waals surface area contributed by atoms with E-state index in [0.29, 0.717) is 22.3 Å². The zero-order valence-corrected chi connectivity index (χ0v) is 16.9. The van der Waals surface area contributed by atoms with Crippen LogP contribution in [0.25, 0.3) is 10.9 Å². The predicted molar refractivity (Wildman–Crippen MR) is 117 cm³/mol. The number of nitrogens with zero attached hydrogens (tertiary/aromatic N) is 1. The number of nitrogens with one attached hydrogen (secondary N) is 1. The van der Waals surface area contributed by atoms with Gasteiger partial charge in [0.25, 0.3) is 0 Å². The number of amides is 1. The van der Waals surface area contributed by atoms with Crippen LogP contribution >= 0.6 is 15.9 Å². The first kappa shape index (κ1) is 19.0. The van der Waals surface area contributed by atoms with Crippen molar-refractivity contribution in [1.29, 1.82) is 0 Å². The molecule has 5 nitrogen and oxygen atoms in total. The Hall–Kier alpha value is -3.38. The average molecular weight is 449 g/mol. The number of rotatable bonds is 5. The maximum absolute atomic E-state index is 12.5. The highest BCUT2D eigenvalue weighted by Crippen LogP contribution is 2.23. The number of hydrogen-bond acceptors (Lipinski definition) is 3. The fourth-order valence-corrected chi connectivity index (χ4v) is 3.37. The van der Waals surface area contributed by atoms with E-state index in [1.54, 1.807) is 41.1 Å². The number of aromatic nitrogens is 1. The maximum Gasteiger partial charge on any atom is 0.244 e. The first-order valence-corrected chi connectivity index (χ1v) is 9.79. The van der Waals surface area contributed by atoms with Crippen LogP contribution in [0.15, 0.2) is 94.3 Å². The molecule has 0 aliphatic rings. The number of hydrogen-bond donors (Lipinski definition) is 1. The van der Waals surface area contributed by atoms with Crippen LogP contribution in [0.1, 0.15) is 0 Å². The summed E-state index contributed by atoms with van der Waals surface area (Å²) < 4.78 is 8.33. The third kappa shape index (κ3) is 4.55. The number of ether oxygens (including phenoxy) is 1. The molecule has 0 saturated heterocycles. The van der Waals surface area contributed by atoms with Gasteiger partial charge in [-0.15, -0.1) is 0 Å². The van der Waals surface area contributed by atoms with Gasteiger partial charge < -0.3 is 14.6 Å². The molecular weight excluding hydrogens is 432 g/mol. The molecule has 0 aliphatic heterocycles. The van der Waals surface area contributed by atoms with Gasteiger partial charge in [0.05, 0.1) is 5.52 Å². The zero-order valence-electron chi connectivity index (χ0n) is 15.3. The van der Waals surface area contributed by atoms with Crippen LogP contribution in [0.4, 0.5) is 5.69 Å². The van der Waals surface area contributed by atoms with E-state index in [1.807, 2.05) is 42.5 Å². The standard InChI is InChI=1S/C23H17BrN2O3/c24-16-6-11-21-20(14-16)22(27)12-13-26(21)15-23(28)25-17-7-9-19(10-8-17)29-18-4-2-1-3-5-18/h1-14H,15H2,(H,25,28). The van der Waals surface area contributed by atoms with Gasteiger partial charge in [-0.05, 0) is 54.6 Å². The van der Waals surface area contributed by atoms with Gasteiger partial charge in [-0.25, -0.2) is 0 Å². The topological polar surface area (TPSA) is 60.3 Å². The number of benzene rings is 3. The Bertz CT molecular complexity index is 1220. The Morgan fingerprint density at radius 3 is 2.41 bits per heavy atom. The normalized spacial score (nSPS) is 10.7. The SMILES string of the molecule is O=C(Cn1ccc(=O)c2cc(Br)ccc21)Nc1ccc(Oc2ccccc2)cc1. The molecule has 0 bridgehead atoms. The second-order valence-corrected chi connectivity index (χ2v) is 7.37. The van der Waals surface area contributed by atoms with E-state index in [4.69, 9.17) is 4.74 Å². The summed E-state index contributed by atoms with van der Waals surface area (Å²) in [6.45, 7) is 0.0979. The summed E-state index contributed by atoms with van der Waals surface area (Å²) >= 11 is 3.38. The van der Waals surface area contributed by atoms with Crippen LogP contribution in [0, 0.1) is 0 Å². The van der Waals surface area contributed by atoms with Crippen LogP contribution in [0.2, 0.25) is 0 Å². The van der Waals surface area contributed by atoms with E-state index < -0.39 is 0 Å². The summed E-state index contributed by atoms with van der Waals surface area (Å²) in [4.78, 5) is 24.6. The molecule has 29 heavy (non-hydrogen) atoms. The average Bonchev–Trinajstić information content (AvgIpc) is 2.72. The van der Waals surface area contributed by atoms with Crippen molar-refractivity contribution >= 4 is 38.4 Å². The van der Waals surface area contributed by atoms with Crippen LogP contribution in [-0.2, 0) is 11.3 Å². The Kier molecular flexibility index (Phi) is 5.44. The molecule has 0 aliphatic carbocycles. The molecule has 6 heteroatoms. The third-order valence-electron chi connectivity index (χ3n) is 4.37. The minimum Gasteiger partial charge on any atom is -0.457 e. The van der Waals surface area contributed by atoms with Gasteiger partial charge in [0.1, 0.15) is 18.0 Å². The summed E-state index contributed by atoms with van der Waals surface area (Å²) in [7, 11) is 0. The van der Waals surface area contributed by atoms with Gasteiger partial charge in [-0.1, -0.05) is 34.1 Å². The summed E-state index contributed by atoms with van der Waals surface area (Å²) in [5, 5.41) is 3.44. The molecule has 1 amide bonds. The predicted octanol–water partition coefficient (Wildman–Crippen LogP) is 5.20. The molecule has 4 aromatic rings. The maximum atomic E-state index is 12.5. The molecule has 4 rings (SSSR count). The number of carbonyl (C=O) groups excluding carboxylic acids is 1. The summed E-state index contributed by atoms with van der Waals surface area (Å²) in [5.74, 6) is 1.25. The van der Waals surface area contributed by atoms with Gasteiger partial charge in [-0.3, -0.25) is 9.59 Å². The Morgan fingerprint density at radius 1 is 0.931 bits per heavy atom. The molecule has 0 fully saturated rings. The van der Waals surface area contributed by atoms with E-state index in [-0.39, 0.29) is 17.9 Å². The van der Waals surface area contributed by atoms with Crippen molar-refractivity contribution in [1.82, 2.24) is 4.57 Å². The quantitative estimate of drug-likeness (QED) is 0.456. The van der Waals surface area contributed by atoms with Crippen LogP contribution < -0.4 is 15.5 Å². The van der Waals surface area contributed by atoms with Crippen molar-refractivity contribution in [2.24, 2.45) is 0 Å². The van der Waals surface area contributed by atoms with E-state index in [2.05, 4.69) is 21.2 Å². The molecule has 3 aromatic carbocycles. The van der Waals surface area contributed by atoms with E-state index in [0.717, 1.165) is 10.2 Å². The lowest BCUT2D eigenvalue weighted by Crippen LogP contribution is -2.20. The van der Waals surface area contributed by atoms with Gasteiger partial charge in [0.2, 0.25) is 5.91 Å². The van der Waals surface area contributed by atoms with Crippen molar-refractivity contribution < 1.29 is 9.53 Å². The van der Waals surface area contributed by atoms with Gasteiger partial charge in [0, 0.05) is 27.8 Å². The number of carbonyl (C=O) groups is 1. The molecule has 1 heterocycles. The summed E-state index contributed by atoms with van der Waals surface area (Å²) in [6.07, 6.45) is 1.63. The largest absolute Gasteiger partial charge is 0.457 e. The Balaban J connectivity index is 1.46. The highest BCUT2D eigenvalue weighted by atomic mass is 79.9. The fraction of sp³-hybridized carbons (Fsp3) is 0.0435. The van der Waals surface area contributed by atoms with E-state index in [9.17, 15) is 9.59 Å².